The number of hydrogen-bond acceptors (Lipinski definition) is 9. The van der Waals surface area contributed by atoms with Gasteiger partial charge in [0, 0.05) is 36.1 Å². The molecule has 31 heavy (non-hydrogen) atoms. The second-order valence-corrected chi connectivity index (χ2v) is 7.19. The molecule has 1 aliphatic rings. The van der Waals surface area contributed by atoms with Crippen LogP contribution < -0.4 is 32.3 Å². The monoisotopic (exact) mass is 426 g/mol. The van der Waals surface area contributed by atoms with E-state index in [-0.39, 0.29) is 29.3 Å². The molecule has 2 aromatic rings. The molecule has 11 heteroatoms. The molecule has 1 fully saturated rings. The summed E-state index contributed by atoms with van der Waals surface area (Å²) in [5, 5.41) is 17.4. The van der Waals surface area contributed by atoms with E-state index in [0.29, 0.717) is 11.6 Å². The van der Waals surface area contributed by atoms with E-state index in [4.69, 9.17) is 21.6 Å². The summed E-state index contributed by atoms with van der Waals surface area (Å²) in [6.45, 7) is 0. The first-order chi connectivity index (χ1) is 15.0. The minimum atomic E-state index is -0.710. The van der Waals surface area contributed by atoms with E-state index in [1.165, 1.54) is 13.3 Å². The van der Waals surface area contributed by atoms with E-state index in [1.807, 2.05) is 24.3 Å². The molecule has 1 heterocycles. The summed E-state index contributed by atoms with van der Waals surface area (Å²) in [6.07, 6.45) is 6.50. The summed E-state index contributed by atoms with van der Waals surface area (Å²) in [5.74, 6) is -0.0925. The Hall–Kier alpha value is -3.57. The molecule has 9 N–H and O–H groups in total. The first-order valence-corrected chi connectivity index (χ1v) is 10.0. The van der Waals surface area contributed by atoms with Crippen molar-refractivity contribution in [3.63, 3.8) is 0 Å². The van der Waals surface area contributed by atoms with Crippen LogP contribution in [-0.4, -0.2) is 47.5 Å². The average Bonchev–Trinajstić information content (AvgIpc) is 2.75. The van der Waals surface area contributed by atoms with Crippen molar-refractivity contribution in [3.05, 3.63) is 29.8 Å². The second-order valence-electron chi connectivity index (χ2n) is 7.19. The number of amides is 1. The van der Waals surface area contributed by atoms with Crippen LogP contribution in [0.15, 0.2) is 29.4 Å². The Morgan fingerprint density at radius 1 is 1.35 bits per heavy atom. The summed E-state index contributed by atoms with van der Waals surface area (Å²) >= 11 is 0. The van der Waals surface area contributed by atoms with E-state index >= 15 is 0 Å². The Balaban J connectivity index is 1.92. The van der Waals surface area contributed by atoms with Gasteiger partial charge in [-0.1, -0.05) is 24.0 Å². The number of methoxy groups -OCH3 is 1. The summed E-state index contributed by atoms with van der Waals surface area (Å²) < 4.78 is 5.32. The highest BCUT2D eigenvalue weighted by molar-refractivity contribution is 6.14. The standard InChI is InChI=1S/C20H27N9O2/c1-31-19-16(17(23)30)18(25-12-5-4-6-13(11-12)29-24-10-9-21)27-20(28-19)26-15-8-3-2-7-14(15)22/h4-6,9-11,14-15,21,29H,2-3,7-8,22H2,1H3,(H2,23,30)(H2,25,26,27,28)/p+1/b21-9?,24-10-/t14-,15+/m0/s1. The van der Waals surface area contributed by atoms with Crippen molar-refractivity contribution in [2.45, 2.75) is 37.8 Å². The highest BCUT2D eigenvalue weighted by Gasteiger charge is 2.25. The van der Waals surface area contributed by atoms with E-state index < -0.39 is 5.91 Å². The minimum absolute atomic E-state index is 0.00399. The van der Waals surface area contributed by atoms with Crippen LogP contribution in [0.5, 0.6) is 5.88 Å². The highest BCUT2D eigenvalue weighted by Crippen LogP contribution is 2.29. The van der Waals surface area contributed by atoms with E-state index in [1.54, 1.807) is 5.43 Å². The molecule has 0 radical (unpaired) electrons. The topological polar surface area (TPSA) is 181 Å². The van der Waals surface area contributed by atoms with Crippen molar-refractivity contribution < 1.29 is 15.0 Å². The lowest BCUT2D eigenvalue weighted by Crippen LogP contribution is -2.71. The zero-order chi connectivity index (χ0) is 22.2. The summed E-state index contributed by atoms with van der Waals surface area (Å²) in [6, 6.07) is 7.38. The van der Waals surface area contributed by atoms with Crippen molar-refractivity contribution in [1.29, 1.82) is 5.41 Å². The van der Waals surface area contributed by atoms with Gasteiger partial charge in [0.2, 0.25) is 11.8 Å². The van der Waals surface area contributed by atoms with E-state index in [0.717, 1.165) is 37.6 Å². The number of carbonyl (C=O) groups excluding carboxylic acids is 1. The Labute approximate surface area is 180 Å². The number of benzene rings is 1. The molecule has 0 spiro atoms. The van der Waals surface area contributed by atoms with Gasteiger partial charge in [0.25, 0.3) is 5.91 Å². The van der Waals surface area contributed by atoms with Gasteiger partial charge in [-0.05, 0) is 18.9 Å². The van der Waals surface area contributed by atoms with Crippen LogP contribution in [-0.2, 0) is 0 Å². The molecule has 1 aromatic carbocycles. The molecule has 11 nitrogen and oxygen atoms in total. The molecule has 0 bridgehead atoms. The van der Waals surface area contributed by atoms with Crippen LogP contribution >= 0.6 is 0 Å². The zero-order valence-electron chi connectivity index (χ0n) is 17.3. The maximum atomic E-state index is 12.1. The first-order valence-electron chi connectivity index (χ1n) is 10.0. The fourth-order valence-corrected chi connectivity index (χ4v) is 3.48. The molecule has 0 saturated heterocycles. The predicted octanol–water partition coefficient (Wildman–Crippen LogP) is 0.840. The number of primary amides is 1. The smallest absolute Gasteiger partial charge is 0.258 e. The van der Waals surface area contributed by atoms with Crippen LogP contribution in [0.4, 0.5) is 23.1 Å². The van der Waals surface area contributed by atoms with Gasteiger partial charge in [-0.2, -0.15) is 15.4 Å². The number of rotatable bonds is 9. The third kappa shape index (κ3) is 5.74. The lowest BCUT2D eigenvalue weighted by molar-refractivity contribution is -0.576. The van der Waals surface area contributed by atoms with Gasteiger partial charge in [-0.25, -0.2) is 0 Å². The Morgan fingerprint density at radius 3 is 2.87 bits per heavy atom. The summed E-state index contributed by atoms with van der Waals surface area (Å²) in [4.78, 5) is 20.9. The van der Waals surface area contributed by atoms with Gasteiger partial charge in [0.05, 0.1) is 7.11 Å². The van der Waals surface area contributed by atoms with Crippen LogP contribution in [0, 0.1) is 5.41 Å². The van der Waals surface area contributed by atoms with Crippen LogP contribution in [0.25, 0.3) is 0 Å². The number of nitrogens with one attached hydrogen (secondary N) is 3. The molecule has 2 atom stereocenters. The first kappa shape index (κ1) is 22.1. The zero-order valence-corrected chi connectivity index (χ0v) is 17.3. The maximum absolute atomic E-state index is 12.1. The fourth-order valence-electron chi connectivity index (χ4n) is 3.48. The highest BCUT2D eigenvalue weighted by atomic mass is 16.5. The lowest BCUT2D eigenvalue weighted by atomic mass is 9.91. The molecule has 1 amide bonds. The molecule has 0 aliphatic heterocycles. The van der Waals surface area contributed by atoms with Gasteiger partial charge in [0.1, 0.15) is 11.8 Å². The van der Waals surface area contributed by atoms with E-state index in [2.05, 4.69) is 25.7 Å². The number of nitrogens with two attached hydrogens (primary N) is 3. The number of ether oxygens (including phenoxy) is 1. The average molecular weight is 427 g/mol. The third-order valence-electron chi connectivity index (χ3n) is 4.98. The van der Waals surface area contributed by atoms with Gasteiger partial charge in [-0.3, -0.25) is 4.79 Å². The van der Waals surface area contributed by atoms with E-state index in [9.17, 15) is 4.79 Å². The van der Waals surface area contributed by atoms with Crippen molar-refractivity contribution in [2.75, 3.05) is 17.7 Å². The molecule has 1 saturated carbocycles. The normalized spacial score (nSPS) is 18.5. The quantitative estimate of drug-likeness (QED) is 0.149. The predicted molar refractivity (Wildman–Crippen MR) is 120 cm³/mol. The number of carbonyl (C=O) groups is 1. The van der Waals surface area contributed by atoms with Gasteiger partial charge in [0.15, 0.2) is 11.5 Å². The lowest BCUT2D eigenvalue weighted by Gasteiger charge is -2.29. The molecule has 0 unspecified atom stereocenters. The molecule has 3 rings (SSSR count). The Bertz CT molecular complexity index is 964. The Kier molecular flexibility index (Phi) is 7.46. The summed E-state index contributed by atoms with van der Waals surface area (Å²) in [5.41, 5.74) is 15.0. The molecule has 164 valence electrons. The third-order valence-corrected chi connectivity index (χ3v) is 4.98. The number of nitrogens with zero attached hydrogens (tertiary/aromatic N) is 3. The van der Waals surface area contributed by atoms with Crippen LogP contribution in [0.2, 0.25) is 0 Å². The number of quaternary nitrogens is 1. The SMILES string of the molecule is COc1nc(N[C@@H]2CCCC[C@@H]2N)nc(Nc2cccc([NH2+]/N=C\C=N)c2)c1C(N)=O. The van der Waals surface area contributed by atoms with Crippen molar-refractivity contribution in [1.82, 2.24) is 9.97 Å². The number of anilines is 3. The molecular formula is C20H28N9O2+. The van der Waals surface area contributed by atoms with Gasteiger partial charge >= 0.3 is 0 Å². The second kappa shape index (κ2) is 10.5. The molecule has 1 aromatic heterocycles. The largest absolute Gasteiger partial charge is 0.480 e. The Morgan fingerprint density at radius 2 is 2.16 bits per heavy atom. The fraction of sp³-hybridized carbons (Fsp3) is 0.350. The van der Waals surface area contributed by atoms with Crippen molar-refractivity contribution in [2.24, 2.45) is 16.6 Å². The van der Waals surface area contributed by atoms with Crippen LogP contribution in [0.1, 0.15) is 36.0 Å². The number of hydrogen-bond donors (Lipinski definition) is 6. The van der Waals surface area contributed by atoms with Crippen molar-refractivity contribution in [3.8, 4) is 5.88 Å². The van der Waals surface area contributed by atoms with Gasteiger partial charge < -0.3 is 32.2 Å². The summed E-state index contributed by atoms with van der Waals surface area (Å²) in [7, 11) is 1.42. The minimum Gasteiger partial charge on any atom is -0.480 e. The maximum Gasteiger partial charge on any atom is 0.258 e. The molecule has 1 aliphatic carbocycles. The number of aromatic nitrogens is 2. The van der Waals surface area contributed by atoms with Crippen LogP contribution in [0.3, 0.4) is 0 Å². The van der Waals surface area contributed by atoms with Gasteiger partial charge in [-0.15, -0.1) is 0 Å². The molecular weight excluding hydrogens is 398 g/mol. The van der Waals surface area contributed by atoms with Crippen molar-refractivity contribution >= 4 is 41.5 Å².